The Bertz CT molecular complexity index is 951. The summed E-state index contributed by atoms with van der Waals surface area (Å²) in [5.74, 6) is 1.25. The lowest BCUT2D eigenvalue weighted by Crippen LogP contribution is -2.39. The predicted octanol–water partition coefficient (Wildman–Crippen LogP) is 4.97. The van der Waals surface area contributed by atoms with Crippen LogP contribution in [0.1, 0.15) is 47.5 Å². The van der Waals surface area contributed by atoms with E-state index in [-0.39, 0.29) is 11.8 Å². The number of amides is 1. The van der Waals surface area contributed by atoms with Crippen molar-refractivity contribution in [2.45, 2.75) is 32.1 Å². The van der Waals surface area contributed by atoms with Crippen LogP contribution in [0.3, 0.4) is 0 Å². The Morgan fingerprint density at radius 2 is 1.93 bits per heavy atom. The fraction of sp³-hybridized carbons (Fsp3) is 0.318. The van der Waals surface area contributed by atoms with Gasteiger partial charge in [-0.1, -0.05) is 35.8 Å². The van der Waals surface area contributed by atoms with Gasteiger partial charge in [0.1, 0.15) is 0 Å². The van der Waals surface area contributed by atoms with Crippen LogP contribution in [0.15, 0.2) is 53.1 Å². The molecule has 0 bridgehead atoms. The SMILES string of the molecule is CCc1ccc(C(=O)N2CCCC(c3nc(-c4ccc(Cl)cc4)no3)C2)cc1. The minimum atomic E-state index is 0.0566. The minimum absolute atomic E-state index is 0.0566. The molecule has 144 valence electrons. The van der Waals surface area contributed by atoms with Crippen molar-refractivity contribution >= 4 is 17.5 Å². The van der Waals surface area contributed by atoms with Gasteiger partial charge in [-0.3, -0.25) is 4.79 Å². The fourth-order valence-electron chi connectivity index (χ4n) is 3.55. The van der Waals surface area contributed by atoms with Gasteiger partial charge >= 0.3 is 0 Å². The summed E-state index contributed by atoms with van der Waals surface area (Å²) in [6.07, 6.45) is 2.82. The van der Waals surface area contributed by atoms with Gasteiger partial charge in [-0.15, -0.1) is 0 Å². The van der Waals surface area contributed by atoms with Crippen LogP contribution in [0.5, 0.6) is 0 Å². The molecule has 0 aliphatic carbocycles. The number of halogens is 1. The molecule has 3 aromatic rings. The second kappa shape index (κ2) is 8.15. The molecule has 2 heterocycles. The third kappa shape index (κ3) is 3.94. The van der Waals surface area contributed by atoms with Crippen LogP contribution in [0, 0.1) is 0 Å². The van der Waals surface area contributed by atoms with E-state index in [0.29, 0.717) is 23.3 Å². The number of hydrogen-bond donors (Lipinski definition) is 0. The van der Waals surface area contributed by atoms with Gasteiger partial charge in [-0.25, -0.2) is 0 Å². The molecule has 0 spiro atoms. The molecule has 1 unspecified atom stereocenters. The summed E-state index contributed by atoms with van der Waals surface area (Å²) in [5, 5.41) is 4.77. The molecule has 1 amide bonds. The first-order valence-corrected chi connectivity index (χ1v) is 9.99. The maximum atomic E-state index is 12.9. The first-order valence-electron chi connectivity index (χ1n) is 9.62. The number of aromatic nitrogens is 2. The lowest BCUT2D eigenvalue weighted by Gasteiger charge is -2.31. The van der Waals surface area contributed by atoms with Crippen LogP contribution in [0.2, 0.25) is 5.02 Å². The highest BCUT2D eigenvalue weighted by atomic mass is 35.5. The number of carbonyl (C=O) groups is 1. The summed E-state index contributed by atoms with van der Waals surface area (Å²) in [7, 11) is 0. The zero-order chi connectivity index (χ0) is 19.5. The molecule has 0 N–H and O–H groups in total. The highest BCUT2D eigenvalue weighted by Gasteiger charge is 2.29. The monoisotopic (exact) mass is 395 g/mol. The second-order valence-corrected chi connectivity index (χ2v) is 7.54. The molecule has 1 atom stereocenters. The maximum absolute atomic E-state index is 12.9. The smallest absolute Gasteiger partial charge is 0.253 e. The lowest BCUT2D eigenvalue weighted by molar-refractivity contribution is 0.0695. The number of nitrogens with zero attached hydrogens (tertiary/aromatic N) is 3. The number of benzene rings is 2. The van der Waals surface area contributed by atoms with E-state index in [9.17, 15) is 4.79 Å². The maximum Gasteiger partial charge on any atom is 0.253 e. The highest BCUT2D eigenvalue weighted by Crippen LogP contribution is 2.28. The number of piperidine rings is 1. The van der Waals surface area contributed by atoms with E-state index in [2.05, 4.69) is 17.1 Å². The summed E-state index contributed by atoms with van der Waals surface area (Å²) in [6, 6.07) is 15.2. The first kappa shape index (κ1) is 18.7. The Labute approximate surface area is 169 Å². The van der Waals surface area contributed by atoms with Gasteiger partial charge in [0.15, 0.2) is 0 Å². The van der Waals surface area contributed by atoms with E-state index in [1.54, 1.807) is 12.1 Å². The van der Waals surface area contributed by atoms with Crippen molar-refractivity contribution in [3.05, 3.63) is 70.6 Å². The van der Waals surface area contributed by atoms with Crippen molar-refractivity contribution in [3.63, 3.8) is 0 Å². The van der Waals surface area contributed by atoms with Gasteiger partial charge < -0.3 is 9.42 Å². The van der Waals surface area contributed by atoms with Crippen LogP contribution in [0.25, 0.3) is 11.4 Å². The number of likely N-dealkylation sites (tertiary alicyclic amines) is 1. The van der Waals surface area contributed by atoms with Crippen molar-refractivity contribution in [2.24, 2.45) is 0 Å². The van der Waals surface area contributed by atoms with Crippen molar-refractivity contribution in [3.8, 4) is 11.4 Å². The molecular formula is C22H22ClN3O2. The average molecular weight is 396 g/mol. The molecule has 28 heavy (non-hydrogen) atoms. The largest absolute Gasteiger partial charge is 0.339 e. The average Bonchev–Trinajstić information content (AvgIpc) is 3.24. The molecule has 6 heteroatoms. The van der Waals surface area contributed by atoms with E-state index >= 15 is 0 Å². The van der Waals surface area contributed by atoms with Gasteiger partial charge in [0.05, 0.1) is 5.92 Å². The van der Waals surface area contributed by atoms with Crippen LogP contribution >= 0.6 is 11.6 Å². The molecule has 1 aliphatic heterocycles. The molecule has 2 aromatic carbocycles. The quantitative estimate of drug-likeness (QED) is 0.625. The zero-order valence-corrected chi connectivity index (χ0v) is 16.5. The predicted molar refractivity (Wildman–Crippen MR) is 108 cm³/mol. The summed E-state index contributed by atoms with van der Waals surface area (Å²) in [5.41, 5.74) is 2.82. The molecule has 5 nitrogen and oxygen atoms in total. The first-order chi connectivity index (χ1) is 13.6. The van der Waals surface area contributed by atoms with E-state index in [1.165, 1.54) is 5.56 Å². The molecule has 1 fully saturated rings. The van der Waals surface area contributed by atoms with Crippen molar-refractivity contribution in [1.82, 2.24) is 15.0 Å². The van der Waals surface area contributed by atoms with Crippen molar-refractivity contribution in [2.75, 3.05) is 13.1 Å². The normalized spacial score (nSPS) is 16.9. The van der Waals surface area contributed by atoms with E-state index in [0.717, 1.165) is 36.9 Å². The minimum Gasteiger partial charge on any atom is -0.339 e. The van der Waals surface area contributed by atoms with Crippen LogP contribution in [-0.4, -0.2) is 34.0 Å². The fourth-order valence-corrected chi connectivity index (χ4v) is 3.67. The summed E-state index contributed by atoms with van der Waals surface area (Å²) in [4.78, 5) is 19.3. The van der Waals surface area contributed by atoms with Gasteiger partial charge in [-0.05, 0) is 61.2 Å². The second-order valence-electron chi connectivity index (χ2n) is 7.10. The molecular weight excluding hydrogens is 374 g/mol. The zero-order valence-electron chi connectivity index (χ0n) is 15.8. The molecule has 1 aliphatic rings. The molecule has 1 aromatic heterocycles. The Hall–Kier alpha value is -2.66. The number of hydrogen-bond acceptors (Lipinski definition) is 4. The summed E-state index contributed by atoms with van der Waals surface area (Å²) < 4.78 is 5.52. The van der Waals surface area contributed by atoms with Crippen LogP contribution in [-0.2, 0) is 6.42 Å². The van der Waals surface area contributed by atoms with E-state index < -0.39 is 0 Å². The Morgan fingerprint density at radius 3 is 2.64 bits per heavy atom. The topological polar surface area (TPSA) is 59.2 Å². The van der Waals surface area contributed by atoms with Crippen molar-refractivity contribution < 1.29 is 9.32 Å². The summed E-state index contributed by atoms with van der Waals surface area (Å²) >= 11 is 5.94. The number of carbonyl (C=O) groups excluding carboxylic acids is 1. The molecule has 1 saturated heterocycles. The van der Waals surface area contributed by atoms with Crippen LogP contribution in [0.4, 0.5) is 0 Å². The standard InChI is InChI=1S/C22H22ClN3O2/c1-2-15-5-7-17(8-6-15)22(27)26-13-3-4-18(14-26)21-24-20(25-28-21)16-9-11-19(23)12-10-16/h5-12,18H,2-4,13-14H2,1H3. The Morgan fingerprint density at radius 1 is 1.18 bits per heavy atom. The number of aryl methyl sites for hydroxylation is 1. The molecule has 0 radical (unpaired) electrons. The lowest BCUT2D eigenvalue weighted by atomic mass is 9.97. The Kier molecular flexibility index (Phi) is 5.44. The summed E-state index contributed by atoms with van der Waals surface area (Å²) in [6.45, 7) is 3.45. The van der Waals surface area contributed by atoms with Gasteiger partial charge in [0.25, 0.3) is 5.91 Å². The highest BCUT2D eigenvalue weighted by molar-refractivity contribution is 6.30. The Balaban J connectivity index is 1.47. The third-order valence-corrected chi connectivity index (χ3v) is 5.46. The molecule has 0 saturated carbocycles. The van der Waals surface area contributed by atoms with Gasteiger partial charge in [-0.2, -0.15) is 4.98 Å². The molecule has 4 rings (SSSR count). The van der Waals surface area contributed by atoms with Gasteiger partial charge in [0.2, 0.25) is 11.7 Å². The number of rotatable bonds is 4. The van der Waals surface area contributed by atoms with Gasteiger partial charge in [0, 0.05) is 29.2 Å². The third-order valence-electron chi connectivity index (χ3n) is 5.21. The van der Waals surface area contributed by atoms with E-state index in [1.807, 2.05) is 41.3 Å². The van der Waals surface area contributed by atoms with Crippen molar-refractivity contribution in [1.29, 1.82) is 0 Å². The van der Waals surface area contributed by atoms with E-state index in [4.69, 9.17) is 16.1 Å². The van der Waals surface area contributed by atoms with Crippen LogP contribution < -0.4 is 0 Å².